The molecule has 1 aromatic rings. The fourth-order valence-corrected chi connectivity index (χ4v) is 1.65. The maximum absolute atomic E-state index is 11.5. The second-order valence-corrected chi connectivity index (χ2v) is 5.24. The van der Waals surface area contributed by atoms with Crippen molar-refractivity contribution in [3.8, 4) is 5.75 Å². The summed E-state index contributed by atoms with van der Waals surface area (Å²) >= 11 is 6.18. The normalized spacial score (nSPS) is 10.6. The number of hydrogen-bond donors (Lipinski definition) is 1. The predicted molar refractivity (Wildman–Crippen MR) is 77.6 cm³/mol. The van der Waals surface area contributed by atoms with Crippen LogP contribution in [0.3, 0.4) is 0 Å². The zero-order valence-electron chi connectivity index (χ0n) is 11.9. The third-order valence-corrected chi connectivity index (χ3v) is 2.97. The van der Waals surface area contributed by atoms with Crippen LogP contribution in [0.5, 0.6) is 5.75 Å². The minimum Gasteiger partial charge on any atom is -0.483 e. The minimum atomic E-state index is -0.0808. The highest BCUT2D eigenvalue weighted by atomic mass is 35.5. The fraction of sp³-hybridized carbons (Fsp3) is 0.500. The van der Waals surface area contributed by atoms with Gasteiger partial charge in [-0.05, 0) is 12.1 Å². The van der Waals surface area contributed by atoms with Gasteiger partial charge in [-0.2, -0.15) is 0 Å². The van der Waals surface area contributed by atoms with E-state index in [0.717, 1.165) is 5.56 Å². The van der Waals surface area contributed by atoms with Crippen LogP contribution < -0.4 is 10.1 Å². The minimum absolute atomic E-state index is 0.0159. The Morgan fingerprint density at radius 3 is 2.68 bits per heavy atom. The average Bonchev–Trinajstić information content (AvgIpc) is 2.34. The number of rotatable bonds is 6. The molecule has 1 N–H and O–H groups in total. The van der Waals surface area contributed by atoms with Crippen LogP contribution in [0.2, 0.25) is 5.02 Å². The molecule has 5 heteroatoms. The summed E-state index contributed by atoms with van der Waals surface area (Å²) in [6.45, 7) is 4.75. The maximum atomic E-state index is 11.5. The van der Waals surface area contributed by atoms with Crippen LogP contribution in [0.1, 0.15) is 19.4 Å². The van der Waals surface area contributed by atoms with Crippen LogP contribution in [-0.2, 0) is 11.3 Å². The number of nitrogens with zero attached hydrogens (tertiary/aromatic N) is 1. The van der Waals surface area contributed by atoms with Crippen molar-refractivity contribution in [2.75, 3.05) is 20.7 Å². The van der Waals surface area contributed by atoms with Crippen LogP contribution in [-0.4, -0.2) is 37.6 Å². The molecule has 0 radical (unpaired) electrons. The van der Waals surface area contributed by atoms with Gasteiger partial charge in [0.25, 0.3) is 5.91 Å². The van der Waals surface area contributed by atoms with Gasteiger partial charge >= 0.3 is 0 Å². The largest absolute Gasteiger partial charge is 0.483 e. The van der Waals surface area contributed by atoms with E-state index in [0.29, 0.717) is 23.4 Å². The van der Waals surface area contributed by atoms with Crippen molar-refractivity contribution in [1.82, 2.24) is 10.2 Å². The quantitative estimate of drug-likeness (QED) is 0.872. The Balaban J connectivity index is 2.76. The number of hydrogen-bond acceptors (Lipinski definition) is 3. The van der Waals surface area contributed by atoms with Gasteiger partial charge in [-0.1, -0.05) is 31.5 Å². The van der Waals surface area contributed by atoms with Gasteiger partial charge < -0.3 is 15.0 Å². The predicted octanol–water partition coefficient (Wildman–Crippen LogP) is 2.31. The molecule has 4 nitrogen and oxygen atoms in total. The highest BCUT2D eigenvalue weighted by Gasteiger charge is 2.11. The van der Waals surface area contributed by atoms with Crippen molar-refractivity contribution in [2.45, 2.75) is 26.4 Å². The molecule has 0 aliphatic rings. The van der Waals surface area contributed by atoms with Crippen molar-refractivity contribution >= 4 is 17.5 Å². The molecule has 19 heavy (non-hydrogen) atoms. The summed E-state index contributed by atoms with van der Waals surface area (Å²) in [5.41, 5.74) is 0.879. The summed E-state index contributed by atoms with van der Waals surface area (Å²) in [6, 6.07) is 5.81. The summed E-state index contributed by atoms with van der Waals surface area (Å²) in [7, 11) is 3.40. The van der Waals surface area contributed by atoms with Crippen LogP contribution >= 0.6 is 11.6 Å². The van der Waals surface area contributed by atoms with Crippen LogP contribution in [0.25, 0.3) is 0 Å². The Morgan fingerprint density at radius 2 is 2.11 bits per heavy atom. The second-order valence-electron chi connectivity index (χ2n) is 4.83. The lowest BCUT2D eigenvalue weighted by Crippen LogP contribution is -2.28. The second kappa shape index (κ2) is 7.36. The molecular weight excluding hydrogens is 264 g/mol. The molecule has 106 valence electrons. The Hall–Kier alpha value is -1.26. The van der Waals surface area contributed by atoms with E-state index in [1.165, 1.54) is 4.90 Å². The smallest absolute Gasteiger partial charge is 0.259 e. The SMILES string of the molecule is CC(C)NCc1c(Cl)cccc1OCC(=O)N(C)C. The number of ether oxygens (including phenoxy) is 1. The zero-order valence-corrected chi connectivity index (χ0v) is 12.6. The average molecular weight is 285 g/mol. The number of carbonyl (C=O) groups excluding carboxylic acids is 1. The monoisotopic (exact) mass is 284 g/mol. The summed E-state index contributed by atoms with van der Waals surface area (Å²) in [5, 5.41) is 3.94. The third-order valence-electron chi connectivity index (χ3n) is 2.61. The summed E-state index contributed by atoms with van der Waals surface area (Å²) in [6.07, 6.45) is 0. The zero-order chi connectivity index (χ0) is 14.4. The maximum Gasteiger partial charge on any atom is 0.259 e. The van der Waals surface area contributed by atoms with Crippen molar-refractivity contribution in [3.05, 3.63) is 28.8 Å². The van der Waals surface area contributed by atoms with Crippen LogP contribution in [0, 0.1) is 0 Å². The van der Waals surface area contributed by atoms with Crippen molar-refractivity contribution in [3.63, 3.8) is 0 Å². The molecule has 0 heterocycles. The van der Waals surface area contributed by atoms with E-state index in [2.05, 4.69) is 19.2 Å². The molecule has 0 aliphatic carbocycles. The van der Waals surface area contributed by atoms with Crippen molar-refractivity contribution < 1.29 is 9.53 Å². The Bertz CT molecular complexity index is 433. The van der Waals surface area contributed by atoms with E-state index >= 15 is 0 Å². The lowest BCUT2D eigenvalue weighted by molar-refractivity contribution is -0.130. The highest BCUT2D eigenvalue weighted by molar-refractivity contribution is 6.31. The number of carbonyl (C=O) groups is 1. The summed E-state index contributed by atoms with van der Waals surface area (Å²) in [5.74, 6) is 0.568. The van der Waals surface area contributed by atoms with Gasteiger partial charge in [0.1, 0.15) is 5.75 Å². The number of halogens is 1. The number of likely N-dealkylation sites (N-methyl/N-ethyl adjacent to an activating group) is 1. The van der Waals surface area contributed by atoms with E-state index in [4.69, 9.17) is 16.3 Å². The van der Waals surface area contributed by atoms with Crippen molar-refractivity contribution in [1.29, 1.82) is 0 Å². The van der Waals surface area contributed by atoms with Gasteiger partial charge in [-0.3, -0.25) is 4.79 Å². The first kappa shape index (κ1) is 15.8. The first-order valence-electron chi connectivity index (χ1n) is 6.25. The lowest BCUT2D eigenvalue weighted by atomic mass is 10.2. The molecule has 0 aromatic heterocycles. The highest BCUT2D eigenvalue weighted by Crippen LogP contribution is 2.26. The molecule has 0 bridgehead atoms. The van der Waals surface area contributed by atoms with Crippen LogP contribution in [0.15, 0.2) is 18.2 Å². The number of amides is 1. The molecule has 1 rings (SSSR count). The lowest BCUT2D eigenvalue weighted by Gasteiger charge is -2.16. The van der Waals surface area contributed by atoms with Gasteiger partial charge in [0.2, 0.25) is 0 Å². The van der Waals surface area contributed by atoms with Gasteiger partial charge in [-0.15, -0.1) is 0 Å². The van der Waals surface area contributed by atoms with E-state index in [1.54, 1.807) is 14.1 Å². The van der Waals surface area contributed by atoms with Gasteiger partial charge in [0, 0.05) is 37.3 Å². The molecule has 0 spiro atoms. The summed E-state index contributed by atoms with van der Waals surface area (Å²) in [4.78, 5) is 13.0. The first-order chi connectivity index (χ1) is 8.91. The van der Waals surface area contributed by atoms with E-state index in [1.807, 2.05) is 18.2 Å². The molecule has 0 aliphatic heterocycles. The van der Waals surface area contributed by atoms with E-state index in [-0.39, 0.29) is 12.5 Å². The number of benzene rings is 1. The van der Waals surface area contributed by atoms with Crippen LogP contribution in [0.4, 0.5) is 0 Å². The molecule has 0 unspecified atom stereocenters. The first-order valence-corrected chi connectivity index (χ1v) is 6.63. The number of nitrogens with one attached hydrogen (secondary N) is 1. The molecule has 0 atom stereocenters. The fourth-order valence-electron chi connectivity index (χ4n) is 1.42. The standard InChI is InChI=1S/C14H21ClN2O2/c1-10(2)16-8-11-12(15)6-5-7-13(11)19-9-14(18)17(3)4/h5-7,10,16H,8-9H2,1-4H3. The molecular formula is C14H21ClN2O2. The molecule has 0 saturated heterocycles. The van der Waals surface area contributed by atoms with E-state index < -0.39 is 0 Å². The molecule has 0 saturated carbocycles. The van der Waals surface area contributed by atoms with Crippen molar-refractivity contribution in [2.24, 2.45) is 0 Å². The Morgan fingerprint density at radius 1 is 1.42 bits per heavy atom. The topological polar surface area (TPSA) is 41.6 Å². The van der Waals surface area contributed by atoms with Gasteiger partial charge in [0.15, 0.2) is 6.61 Å². The Labute approximate surface area is 119 Å². The Kier molecular flexibility index (Phi) is 6.12. The van der Waals surface area contributed by atoms with Gasteiger partial charge in [0.05, 0.1) is 0 Å². The third kappa shape index (κ3) is 5.09. The molecule has 1 aromatic carbocycles. The molecule has 1 amide bonds. The van der Waals surface area contributed by atoms with E-state index in [9.17, 15) is 4.79 Å². The van der Waals surface area contributed by atoms with Gasteiger partial charge in [-0.25, -0.2) is 0 Å². The summed E-state index contributed by atoms with van der Waals surface area (Å²) < 4.78 is 5.56. The molecule has 0 fully saturated rings.